The van der Waals surface area contributed by atoms with Crippen molar-refractivity contribution in [1.29, 1.82) is 0 Å². The number of nitrogens with two attached hydrogens (primary N) is 1. The third-order valence-corrected chi connectivity index (χ3v) is 9.90. The highest BCUT2D eigenvalue weighted by Gasteiger charge is 2.56. The molecule has 4 fully saturated rings. The fourth-order valence-corrected chi connectivity index (χ4v) is 6.62. The fraction of sp³-hybridized carbons (Fsp3) is 0.933. The largest absolute Gasteiger partial charge is 0.493 e. The van der Waals surface area contributed by atoms with E-state index in [2.05, 4.69) is 0 Å². The molecule has 0 aliphatic carbocycles. The fourth-order valence-electron chi connectivity index (χ4n) is 6.62. The lowest BCUT2D eigenvalue weighted by Crippen LogP contribution is -2.69. The van der Waals surface area contributed by atoms with Crippen molar-refractivity contribution < 1.29 is 104 Å². The van der Waals surface area contributed by atoms with Crippen LogP contribution in [0, 0.1) is 0 Å². The van der Waals surface area contributed by atoms with Crippen LogP contribution in [-0.2, 0) is 42.6 Å². The second-order valence-corrected chi connectivity index (χ2v) is 13.5. The van der Waals surface area contributed by atoms with Gasteiger partial charge in [0.2, 0.25) is 0 Å². The highest BCUT2D eigenvalue weighted by atomic mass is 16.8. The third kappa shape index (κ3) is 8.42. The van der Waals surface area contributed by atoms with Gasteiger partial charge in [-0.25, -0.2) is 0 Å². The van der Waals surface area contributed by atoms with Gasteiger partial charge in [-0.1, -0.05) is 0 Å². The lowest BCUT2D eigenvalue weighted by molar-refractivity contribution is -0.393. The van der Waals surface area contributed by atoms with Gasteiger partial charge in [0.05, 0.1) is 44.3 Å². The first-order chi connectivity index (χ1) is 24.6. The van der Waals surface area contributed by atoms with E-state index < -0.39 is 161 Å². The molecule has 0 aromatic heterocycles. The summed E-state index contributed by atoms with van der Waals surface area (Å²) in [6.07, 6.45) is -32.0. The standard InChI is InChI=1S/C30H51NO21/c1-8-15(35)19(39)22(42)28(45-8)51-25-14(31)27(47-10-3-4-44-11(5-32)17(10)37)49-13(7-34)24(25)50-30-26(21(41)18(38)12(6-33)48-30)52-29-23(43)20(40)16(36)9(2)46-29/h3-4,8-30,32-43H,5-7,31H2,1-2H3/t8?,9?,10?,11?,12?,13?,14?,15-,16-,17-,18+,19?,20?,21?,22?,23?,24-,25?,26?,27-,28+,29+,30+/m1/s1. The summed E-state index contributed by atoms with van der Waals surface area (Å²) in [5.74, 6) is 0. The van der Waals surface area contributed by atoms with Crippen molar-refractivity contribution in [3.63, 3.8) is 0 Å². The summed E-state index contributed by atoms with van der Waals surface area (Å²) in [4.78, 5) is 0. The Morgan fingerprint density at radius 1 is 0.481 bits per heavy atom. The van der Waals surface area contributed by atoms with Crippen LogP contribution in [0.4, 0.5) is 0 Å². The number of ether oxygens (including phenoxy) is 9. The zero-order chi connectivity index (χ0) is 38.2. The van der Waals surface area contributed by atoms with Crippen molar-refractivity contribution in [1.82, 2.24) is 0 Å². The Kier molecular flexibility index (Phi) is 14.2. The lowest BCUT2D eigenvalue weighted by atomic mass is 9.94. The van der Waals surface area contributed by atoms with Crippen molar-refractivity contribution in [2.75, 3.05) is 19.8 Å². The quantitative estimate of drug-likeness (QED) is 0.0929. The van der Waals surface area contributed by atoms with E-state index in [-0.39, 0.29) is 0 Å². The number of aliphatic hydroxyl groups excluding tert-OH is 12. The molecule has 0 aromatic rings. The topological polar surface area (TPSA) is 352 Å². The van der Waals surface area contributed by atoms with Gasteiger partial charge < -0.3 is 110 Å². The van der Waals surface area contributed by atoms with Crippen molar-refractivity contribution in [3.8, 4) is 0 Å². The van der Waals surface area contributed by atoms with E-state index in [0.717, 1.165) is 0 Å². The molecule has 302 valence electrons. The monoisotopic (exact) mass is 761 g/mol. The van der Waals surface area contributed by atoms with Crippen LogP contribution in [0.25, 0.3) is 0 Å². The molecule has 0 saturated carbocycles. The zero-order valence-electron chi connectivity index (χ0n) is 28.2. The first-order valence-corrected chi connectivity index (χ1v) is 16.9. The van der Waals surface area contributed by atoms with E-state index >= 15 is 0 Å². The van der Waals surface area contributed by atoms with Crippen LogP contribution in [0.1, 0.15) is 13.8 Å². The molecule has 22 heteroatoms. The molecule has 22 nitrogen and oxygen atoms in total. The van der Waals surface area contributed by atoms with Gasteiger partial charge in [-0.2, -0.15) is 0 Å². The van der Waals surface area contributed by atoms with Gasteiger partial charge in [-0.05, 0) is 19.9 Å². The second-order valence-electron chi connectivity index (χ2n) is 13.5. The Hall–Kier alpha value is -1.30. The molecule has 52 heavy (non-hydrogen) atoms. The summed E-state index contributed by atoms with van der Waals surface area (Å²) in [6.45, 7) is 0.497. The molecule has 23 atom stereocenters. The van der Waals surface area contributed by atoms with Gasteiger partial charge in [-0.3, -0.25) is 0 Å². The van der Waals surface area contributed by atoms with E-state index in [1.54, 1.807) is 0 Å². The van der Waals surface area contributed by atoms with Crippen molar-refractivity contribution in [2.24, 2.45) is 5.73 Å². The molecule has 0 aromatic carbocycles. The van der Waals surface area contributed by atoms with Gasteiger partial charge >= 0.3 is 0 Å². The number of hydrogen-bond acceptors (Lipinski definition) is 22. The molecular formula is C30H51NO21. The van der Waals surface area contributed by atoms with Crippen LogP contribution in [-0.4, -0.2) is 222 Å². The minimum absolute atomic E-state index is 0.575. The van der Waals surface area contributed by atoms with E-state index in [9.17, 15) is 61.3 Å². The Bertz CT molecular complexity index is 1160. The molecule has 0 amide bonds. The van der Waals surface area contributed by atoms with Crippen LogP contribution >= 0.6 is 0 Å². The van der Waals surface area contributed by atoms with Gasteiger partial charge in [0.1, 0.15) is 97.7 Å². The molecule has 4 saturated heterocycles. The van der Waals surface area contributed by atoms with Gasteiger partial charge in [0.25, 0.3) is 0 Å². The van der Waals surface area contributed by atoms with E-state index in [4.69, 9.17) is 48.4 Å². The Morgan fingerprint density at radius 2 is 0.981 bits per heavy atom. The Balaban J connectivity index is 1.46. The smallest absolute Gasteiger partial charge is 0.187 e. The summed E-state index contributed by atoms with van der Waals surface area (Å²) in [7, 11) is 0. The predicted octanol–water partition coefficient (Wildman–Crippen LogP) is -8.07. The predicted molar refractivity (Wildman–Crippen MR) is 163 cm³/mol. The molecule has 0 radical (unpaired) electrons. The number of rotatable bonds is 11. The van der Waals surface area contributed by atoms with Gasteiger partial charge in [0.15, 0.2) is 25.2 Å². The Labute approximate surface area is 296 Å². The maximum Gasteiger partial charge on any atom is 0.187 e. The number of hydrogen-bond donors (Lipinski definition) is 13. The average molecular weight is 762 g/mol. The van der Waals surface area contributed by atoms with Crippen LogP contribution in [0.15, 0.2) is 12.3 Å². The first-order valence-electron chi connectivity index (χ1n) is 16.9. The molecule has 14 unspecified atom stereocenters. The molecular weight excluding hydrogens is 710 g/mol. The van der Waals surface area contributed by atoms with Crippen LogP contribution in [0.2, 0.25) is 0 Å². The molecule has 5 aliphatic heterocycles. The lowest BCUT2D eigenvalue weighted by Gasteiger charge is -2.50. The molecule has 14 N–H and O–H groups in total. The average Bonchev–Trinajstić information content (AvgIpc) is 3.13. The maximum absolute atomic E-state index is 11.1. The van der Waals surface area contributed by atoms with Gasteiger partial charge in [-0.15, -0.1) is 0 Å². The molecule has 5 heterocycles. The van der Waals surface area contributed by atoms with E-state index in [1.807, 2.05) is 0 Å². The maximum atomic E-state index is 11.1. The molecule has 0 spiro atoms. The SMILES string of the molecule is CC1O[C@@H](OC2C(O)[C@@H](O)C(CO)O[C@H]2O[C@@H]2C(CO)O[C@@H](OC3C=COC(CO)[C@@H]3O)C(N)C2O[C@@H]2OC(C)[C@@H](O)C(O)C2O)C(O)C(O)[C@@H]1O. The third-order valence-electron chi connectivity index (χ3n) is 9.90. The molecule has 5 aliphatic rings. The number of aliphatic hydroxyl groups is 12. The first kappa shape index (κ1) is 41.9. The minimum Gasteiger partial charge on any atom is -0.493 e. The highest BCUT2D eigenvalue weighted by Crippen LogP contribution is 2.36. The van der Waals surface area contributed by atoms with Crippen LogP contribution in [0.3, 0.4) is 0 Å². The summed E-state index contributed by atoms with van der Waals surface area (Å²) in [6, 6.07) is -1.47. The molecule has 0 bridgehead atoms. The summed E-state index contributed by atoms with van der Waals surface area (Å²) < 4.78 is 51.9. The van der Waals surface area contributed by atoms with Crippen molar-refractivity contribution >= 4 is 0 Å². The van der Waals surface area contributed by atoms with Crippen molar-refractivity contribution in [3.05, 3.63) is 12.3 Å². The summed E-state index contributed by atoms with van der Waals surface area (Å²) >= 11 is 0. The zero-order valence-corrected chi connectivity index (χ0v) is 28.2. The van der Waals surface area contributed by atoms with Crippen molar-refractivity contribution in [2.45, 2.75) is 155 Å². The minimum atomic E-state index is -1.92. The second kappa shape index (κ2) is 17.7. The van der Waals surface area contributed by atoms with Gasteiger partial charge in [0, 0.05) is 0 Å². The summed E-state index contributed by atoms with van der Waals surface area (Å²) in [5, 5.41) is 125. The summed E-state index contributed by atoms with van der Waals surface area (Å²) in [5.41, 5.74) is 6.60. The highest BCUT2D eigenvalue weighted by molar-refractivity contribution is 5.02. The van der Waals surface area contributed by atoms with Crippen LogP contribution in [0.5, 0.6) is 0 Å². The van der Waals surface area contributed by atoms with E-state index in [0.29, 0.717) is 0 Å². The molecule has 5 rings (SSSR count). The van der Waals surface area contributed by atoms with E-state index in [1.165, 1.54) is 26.2 Å². The van der Waals surface area contributed by atoms with Crippen LogP contribution < -0.4 is 5.73 Å². The normalized spacial score (nSPS) is 53.0. The Morgan fingerprint density at radius 3 is 1.52 bits per heavy atom.